The van der Waals surface area contributed by atoms with Crippen molar-refractivity contribution >= 4 is 40.5 Å². The van der Waals surface area contributed by atoms with Crippen molar-refractivity contribution in [3.8, 4) is 22.9 Å². The van der Waals surface area contributed by atoms with Crippen molar-refractivity contribution in [3.05, 3.63) is 70.7 Å². The molecule has 0 aliphatic heterocycles. The zero-order valence-electron chi connectivity index (χ0n) is 14.2. The molecule has 0 bridgehead atoms. The van der Waals surface area contributed by atoms with Crippen molar-refractivity contribution in [2.45, 2.75) is 4.34 Å². The number of benzene rings is 2. The van der Waals surface area contributed by atoms with E-state index >= 15 is 0 Å². The van der Waals surface area contributed by atoms with Crippen LogP contribution in [0.2, 0.25) is 5.02 Å². The summed E-state index contributed by atoms with van der Waals surface area (Å²) >= 11 is 8.61. The molecule has 0 saturated carbocycles. The zero-order chi connectivity index (χ0) is 19.5. The molecule has 0 spiro atoms. The lowest BCUT2D eigenvalue weighted by Crippen LogP contribution is -2.39. The summed E-state index contributed by atoms with van der Waals surface area (Å²) < 4.78 is 6.66. The summed E-state index contributed by atoms with van der Waals surface area (Å²) in [5.41, 5.74) is 2.24. The van der Waals surface area contributed by atoms with Gasteiger partial charge in [-0.25, -0.2) is 4.98 Å². The molecule has 0 aliphatic rings. The van der Waals surface area contributed by atoms with Crippen molar-refractivity contribution in [1.82, 2.24) is 10.3 Å². The van der Waals surface area contributed by atoms with Gasteiger partial charge in [-0.05, 0) is 16.8 Å². The quantitative estimate of drug-likeness (QED) is 0.263. The number of aromatic nitrogens is 3. The highest BCUT2D eigenvalue weighted by atomic mass is 35.5. The number of carbonyl (C=O) groups excluding carboxylic acids is 1. The second kappa shape index (κ2) is 8.14. The zero-order valence-corrected chi connectivity index (χ0v) is 16.6. The summed E-state index contributed by atoms with van der Waals surface area (Å²) in [6.07, 6.45) is 0. The first-order valence-corrected chi connectivity index (χ1v) is 10.4. The van der Waals surface area contributed by atoms with E-state index in [0.29, 0.717) is 10.7 Å². The summed E-state index contributed by atoms with van der Waals surface area (Å²) in [4.78, 5) is 17.2. The van der Waals surface area contributed by atoms with Gasteiger partial charge in [0.1, 0.15) is 0 Å². The van der Waals surface area contributed by atoms with Crippen LogP contribution in [0, 0.1) is 0 Å². The first kappa shape index (κ1) is 18.7. The Bertz CT molecular complexity index is 1110. The maximum absolute atomic E-state index is 12.6. The summed E-state index contributed by atoms with van der Waals surface area (Å²) in [6.45, 7) is 0. The van der Waals surface area contributed by atoms with E-state index < -0.39 is 5.95 Å². The molecule has 2 heterocycles. The van der Waals surface area contributed by atoms with Crippen molar-refractivity contribution in [2.24, 2.45) is 0 Å². The van der Waals surface area contributed by atoms with E-state index in [1.807, 2.05) is 23.6 Å². The van der Waals surface area contributed by atoms with Gasteiger partial charge in [0, 0.05) is 28.1 Å². The van der Waals surface area contributed by atoms with Crippen LogP contribution in [0.3, 0.4) is 0 Å². The fourth-order valence-corrected chi connectivity index (χ4v) is 4.32. The number of thioether (sulfide) groups is 1. The highest BCUT2D eigenvalue weighted by Crippen LogP contribution is 2.29. The molecular weight excluding hydrogens is 418 g/mol. The summed E-state index contributed by atoms with van der Waals surface area (Å²) in [7, 11) is 0. The monoisotopic (exact) mass is 429 g/mol. The molecule has 140 valence electrons. The Labute approximate surface area is 173 Å². The van der Waals surface area contributed by atoms with Crippen LogP contribution in [0.4, 0.5) is 0 Å². The topological polar surface area (TPSA) is 82.9 Å². The second-order valence-electron chi connectivity index (χ2n) is 5.67. The third kappa shape index (κ3) is 3.94. The molecular formula is C19H12ClN3O3S2. The van der Waals surface area contributed by atoms with Crippen molar-refractivity contribution in [3.63, 3.8) is 0 Å². The summed E-state index contributed by atoms with van der Waals surface area (Å²) in [5.74, 6) is -1.07. The lowest BCUT2D eigenvalue weighted by atomic mass is 10.2. The fraction of sp³-hybridized carbons (Fsp3) is 0.0526. The minimum atomic E-state index is -0.754. The predicted molar refractivity (Wildman–Crippen MR) is 105 cm³/mol. The van der Waals surface area contributed by atoms with Crippen LogP contribution in [0.1, 0.15) is 10.5 Å². The Hall–Kier alpha value is -2.68. The van der Waals surface area contributed by atoms with Crippen LogP contribution < -0.4 is 9.79 Å². The Morgan fingerprint density at radius 1 is 1.18 bits per heavy atom. The summed E-state index contributed by atoms with van der Waals surface area (Å²) in [5, 5.41) is 18.2. The SMILES string of the molecule is O=C(CSc1nc(-c2ccc(Cl)cc2)cs1)c1c([O-])on[n+]1-c1ccccc1. The third-order valence-electron chi connectivity index (χ3n) is 3.83. The maximum Gasteiger partial charge on any atom is 0.307 e. The van der Waals surface area contributed by atoms with Crippen LogP contribution in [-0.4, -0.2) is 21.8 Å². The first-order chi connectivity index (χ1) is 13.6. The van der Waals surface area contributed by atoms with E-state index in [1.165, 1.54) is 27.8 Å². The lowest BCUT2D eigenvalue weighted by Gasteiger charge is -1.98. The van der Waals surface area contributed by atoms with Crippen LogP contribution in [0.15, 0.2) is 68.8 Å². The Morgan fingerprint density at radius 3 is 2.68 bits per heavy atom. The van der Waals surface area contributed by atoms with E-state index in [1.54, 1.807) is 36.4 Å². The van der Waals surface area contributed by atoms with E-state index in [0.717, 1.165) is 15.6 Å². The average Bonchev–Trinajstić information content (AvgIpc) is 3.34. The number of halogens is 1. The minimum absolute atomic E-state index is 0.0524. The molecule has 0 radical (unpaired) electrons. The van der Waals surface area contributed by atoms with Crippen LogP contribution >= 0.6 is 34.7 Å². The molecule has 2 aromatic carbocycles. The Balaban J connectivity index is 1.49. The van der Waals surface area contributed by atoms with Crippen molar-refractivity contribution in [1.29, 1.82) is 0 Å². The van der Waals surface area contributed by atoms with E-state index in [2.05, 4.69) is 10.3 Å². The van der Waals surface area contributed by atoms with Gasteiger partial charge in [0.2, 0.25) is 11.5 Å². The number of nitrogens with zero attached hydrogens (tertiary/aromatic N) is 3. The molecule has 0 aliphatic carbocycles. The smallest absolute Gasteiger partial charge is 0.307 e. The largest absolute Gasteiger partial charge is 0.539 e. The predicted octanol–water partition coefficient (Wildman–Crippen LogP) is 3.78. The molecule has 28 heavy (non-hydrogen) atoms. The van der Waals surface area contributed by atoms with Gasteiger partial charge in [-0.15, -0.1) is 11.3 Å². The molecule has 0 amide bonds. The number of para-hydroxylation sites is 1. The molecule has 4 aromatic rings. The van der Waals surface area contributed by atoms with Gasteiger partial charge in [-0.2, -0.15) is 0 Å². The molecule has 0 N–H and O–H groups in total. The average molecular weight is 430 g/mol. The number of hydrogen-bond acceptors (Lipinski definition) is 7. The Kier molecular flexibility index (Phi) is 5.43. The van der Waals surface area contributed by atoms with Crippen LogP contribution in [0.5, 0.6) is 5.95 Å². The normalized spacial score (nSPS) is 10.9. The van der Waals surface area contributed by atoms with E-state index in [9.17, 15) is 9.90 Å². The molecule has 0 fully saturated rings. The standard InChI is InChI=1S/C19H12ClN3O3S2/c20-13-8-6-12(7-9-13)15-10-27-19(21-15)28-11-16(24)17-18(25)26-22-23(17)14-4-2-1-3-5-14/h1-10H,11H2. The van der Waals surface area contributed by atoms with Crippen LogP contribution in [-0.2, 0) is 0 Å². The molecule has 0 atom stereocenters. The maximum atomic E-state index is 12.6. The number of Topliss-reactive ketones (excluding diaryl/α,β-unsaturated/α-hetero) is 1. The minimum Gasteiger partial charge on any atom is -0.539 e. The van der Waals surface area contributed by atoms with E-state index in [-0.39, 0.29) is 17.2 Å². The third-order valence-corrected chi connectivity index (χ3v) is 6.10. The number of thiazole rings is 1. The Morgan fingerprint density at radius 2 is 1.93 bits per heavy atom. The molecule has 0 unspecified atom stereocenters. The highest BCUT2D eigenvalue weighted by molar-refractivity contribution is 8.01. The van der Waals surface area contributed by atoms with Crippen molar-refractivity contribution in [2.75, 3.05) is 5.75 Å². The van der Waals surface area contributed by atoms with E-state index in [4.69, 9.17) is 16.1 Å². The van der Waals surface area contributed by atoms with Gasteiger partial charge < -0.3 is 9.63 Å². The number of rotatable bonds is 6. The van der Waals surface area contributed by atoms with Crippen molar-refractivity contribution < 1.29 is 19.1 Å². The van der Waals surface area contributed by atoms with Crippen LogP contribution in [0.25, 0.3) is 16.9 Å². The van der Waals surface area contributed by atoms with Gasteiger partial charge in [0.05, 0.1) is 16.7 Å². The van der Waals surface area contributed by atoms with Gasteiger partial charge in [-0.3, -0.25) is 4.79 Å². The van der Waals surface area contributed by atoms with Gasteiger partial charge in [0.25, 0.3) is 0 Å². The molecule has 6 nitrogen and oxygen atoms in total. The van der Waals surface area contributed by atoms with Gasteiger partial charge >= 0.3 is 5.69 Å². The number of ketones is 1. The number of carbonyl (C=O) groups is 1. The fourth-order valence-electron chi connectivity index (χ4n) is 2.50. The number of hydrogen-bond donors (Lipinski definition) is 0. The lowest BCUT2D eigenvalue weighted by molar-refractivity contribution is -0.672. The molecule has 4 rings (SSSR count). The first-order valence-electron chi connectivity index (χ1n) is 8.14. The summed E-state index contributed by atoms with van der Waals surface area (Å²) in [6, 6.07) is 16.3. The highest BCUT2D eigenvalue weighted by Gasteiger charge is 2.27. The second-order valence-corrected chi connectivity index (χ2v) is 8.19. The van der Waals surface area contributed by atoms with Gasteiger partial charge in [-0.1, -0.05) is 53.7 Å². The molecule has 9 heteroatoms. The van der Waals surface area contributed by atoms with Gasteiger partial charge in [0.15, 0.2) is 10.3 Å². The molecule has 0 saturated heterocycles. The molecule has 2 aromatic heterocycles.